The zero-order valence-electron chi connectivity index (χ0n) is 18.4. The summed E-state index contributed by atoms with van der Waals surface area (Å²) in [5, 5.41) is 11.6. The van der Waals surface area contributed by atoms with Gasteiger partial charge in [0.1, 0.15) is 11.8 Å². The molecule has 0 aliphatic carbocycles. The van der Waals surface area contributed by atoms with Gasteiger partial charge in [-0.25, -0.2) is 9.78 Å². The van der Waals surface area contributed by atoms with Crippen molar-refractivity contribution in [3.63, 3.8) is 0 Å². The number of aromatic amines is 2. The molecular formula is C23H22ClN5O4S. The van der Waals surface area contributed by atoms with Gasteiger partial charge >= 0.3 is 5.97 Å². The first-order valence-corrected chi connectivity index (χ1v) is 11.7. The maximum absolute atomic E-state index is 12.6. The summed E-state index contributed by atoms with van der Waals surface area (Å²) in [6, 6.07) is 12.1. The fraction of sp³-hybridized carbons (Fsp3) is 0.217. The minimum absolute atomic E-state index is 0.0192. The molecular weight excluding hydrogens is 478 g/mol. The minimum Gasteiger partial charge on any atom is -0.496 e. The summed E-state index contributed by atoms with van der Waals surface area (Å²) < 4.78 is 10.2. The first kappa shape index (κ1) is 23.7. The normalized spacial score (nSPS) is 11.9. The molecule has 1 atom stereocenters. The van der Waals surface area contributed by atoms with Crippen molar-refractivity contribution in [3.8, 4) is 17.1 Å². The number of hydrogen-bond donors (Lipinski definition) is 3. The number of aromatic nitrogens is 4. The lowest BCUT2D eigenvalue weighted by molar-refractivity contribution is -0.144. The number of nitrogens with zero attached hydrogens (tertiary/aromatic N) is 2. The van der Waals surface area contributed by atoms with Crippen LogP contribution in [0.15, 0.2) is 53.8 Å². The van der Waals surface area contributed by atoms with Crippen LogP contribution in [0, 0.1) is 0 Å². The Balaban J connectivity index is 1.40. The molecule has 0 spiro atoms. The van der Waals surface area contributed by atoms with E-state index in [-0.39, 0.29) is 11.7 Å². The summed E-state index contributed by atoms with van der Waals surface area (Å²) in [6.07, 6.45) is 2.13. The average Bonchev–Trinajstić information content (AvgIpc) is 3.49. The summed E-state index contributed by atoms with van der Waals surface area (Å²) in [6.45, 7) is 0. The van der Waals surface area contributed by atoms with E-state index in [0.717, 1.165) is 28.2 Å². The summed E-state index contributed by atoms with van der Waals surface area (Å²) in [5.41, 5.74) is 2.52. The van der Waals surface area contributed by atoms with E-state index < -0.39 is 12.0 Å². The quantitative estimate of drug-likeness (QED) is 0.237. The minimum atomic E-state index is -0.823. The van der Waals surface area contributed by atoms with Crippen LogP contribution in [0.2, 0.25) is 5.02 Å². The molecule has 0 fully saturated rings. The number of thioether (sulfide) groups is 1. The predicted molar refractivity (Wildman–Crippen MR) is 130 cm³/mol. The fourth-order valence-electron chi connectivity index (χ4n) is 3.52. The molecule has 9 nitrogen and oxygen atoms in total. The third kappa shape index (κ3) is 5.35. The van der Waals surface area contributed by atoms with Crippen LogP contribution < -0.4 is 10.1 Å². The number of ether oxygens (including phenoxy) is 2. The molecule has 0 aliphatic rings. The Morgan fingerprint density at radius 3 is 2.82 bits per heavy atom. The van der Waals surface area contributed by atoms with Crippen LogP contribution in [0.4, 0.5) is 0 Å². The van der Waals surface area contributed by atoms with Crippen molar-refractivity contribution in [2.24, 2.45) is 0 Å². The van der Waals surface area contributed by atoms with Gasteiger partial charge in [-0.2, -0.15) is 0 Å². The number of fused-ring (bicyclic) bond motifs is 1. The zero-order valence-corrected chi connectivity index (χ0v) is 20.0. The molecule has 176 valence electrons. The van der Waals surface area contributed by atoms with Gasteiger partial charge in [0.05, 0.1) is 25.5 Å². The van der Waals surface area contributed by atoms with Gasteiger partial charge < -0.3 is 19.8 Å². The van der Waals surface area contributed by atoms with Crippen LogP contribution in [0.3, 0.4) is 0 Å². The first-order valence-electron chi connectivity index (χ1n) is 10.3. The number of H-pyrrole nitrogens is 2. The second-order valence-electron chi connectivity index (χ2n) is 7.31. The molecule has 11 heteroatoms. The van der Waals surface area contributed by atoms with Crippen LogP contribution in [-0.2, 0) is 20.7 Å². The van der Waals surface area contributed by atoms with Crippen molar-refractivity contribution in [3.05, 3.63) is 59.2 Å². The third-order valence-electron chi connectivity index (χ3n) is 5.13. The van der Waals surface area contributed by atoms with Crippen molar-refractivity contribution in [1.82, 2.24) is 25.5 Å². The van der Waals surface area contributed by atoms with Gasteiger partial charge in [0.25, 0.3) is 0 Å². The van der Waals surface area contributed by atoms with Crippen molar-refractivity contribution in [2.75, 3.05) is 20.0 Å². The monoisotopic (exact) mass is 499 g/mol. The summed E-state index contributed by atoms with van der Waals surface area (Å²) in [7, 11) is 2.85. The molecule has 4 rings (SSSR count). The highest BCUT2D eigenvalue weighted by molar-refractivity contribution is 7.99. The van der Waals surface area contributed by atoms with Crippen LogP contribution in [0.1, 0.15) is 5.56 Å². The van der Waals surface area contributed by atoms with Gasteiger partial charge in [-0.15, -0.1) is 5.10 Å². The topological polar surface area (TPSA) is 122 Å². The second-order valence-corrected chi connectivity index (χ2v) is 8.69. The third-order valence-corrected chi connectivity index (χ3v) is 6.22. The van der Waals surface area contributed by atoms with Gasteiger partial charge in [0.2, 0.25) is 11.1 Å². The molecule has 1 amide bonds. The molecule has 2 heterocycles. The van der Waals surface area contributed by atoms with Crippen molar-refractivity contribution in [1.29, 1.82) is 0 Å². The second kappa shape index (κ2) is 10.6. The number of hydrogen-bond acceptors (Lipinski definition) is 7. The highest BCUT2D eigenvalue weighted by Crippen LogP contribution is 2.31. The van der Waals surface area contributed by atoms with Crippen LogP contribution in [-0.4, -0.2) is 58.1 Å². The Morgan fingerprint density at radius 1 is 1.21 bits per heavy atom. The van der Waals surface area contributed by atoms with Crippen LogP contribution in [0.5, 0.6) is 5.75 Å². The van der Waals surface area contributed by atoms with E-state index in [0.29, 0.717) is 33.7 Å². The Hall–Kier alpha value is -3.50. The summed E-state index contributed by atoms with van der Waals surface area (Å²) in [5.74, 6) is 0.219. The number of esters is 1. The zero-order chi connectivity index (χ0) is 24.1. The molecule has 2 aromatic heterocycles. The number of nitrogens with one attached hydrogen (secondary N) is 3. The molecule has 0 aliphatic heterocycles. The van der Waals surface area contributed by atoms with Gasteiger partial charge in [0.15, 0.2) is 5.82 Å². The maximum Gasteiger partial charge on any atom is 0.328 e. The lowest BCUT2D eigenvalue weighted by atomic mass is 10.0. The number of benzene rings is 2. The van der Waals surface area contributed by atoms with E-state index in [1.54, 1.807) is 25.3 Å². The number of carbonyl (C=O) groups excluding carboxylic acids is 2. The maximum atomic E-state index is 12.6. The van der Waals surface area contributed by atoms with Gasteiger partial charge in [-0.1, -0.05) is 41.6 Å². The number of halogens is 1. The van der Waals surface area contributed by atoms with E-state index in [4.69, 9.17) is 21.1 Å². The number of para-hydroxylation sites is 1. The van der Waals surface area contributed by atoms with Crippen LogP contribution >= 0.6 is 23.4 Å². The molecule has 0 bridgehead atoms. The van der Waals surface area contributed by atoms with Gasteiger partial charge in [-0.3, -0.25) is 9.89 Å². The van der Waals surface area contributed by atoms with Gasteiger partial charge in [0, 0.05) is 28.5 Å². The first-order chi connectivity index (χ1) is 16.5. The molecule has 2 aromatic carbocycles. The van der Waals surface area contributed by atoms with Crippen molar-refractivity contribution < 1.29 is 19.1 Å². The number of carbonyl (C=O) groups is 2. The van der Waals surface area contributed by atoms with Crippen molar-refractivity contribution in [2.45, 2.75) is 17.6 Å². The lowest BCUT2D eigenvalue weighted by Gasteiger charge is -2.16. The summed E-state index contributed by atoms with van der Waals surface area (Å²) >= 11 is 7.22. The smallest absolute Gasteiger partial charge is 0.328 e. The highest BCUT2D eigenvalue weighted by Gasteiger charge is 2.23. The van der Waals surface area contributed by atoms with Gasteiger partial charge in [-0.05, 0) is 29.8 Å². The summed E-state index contributed by atoms with van der Waals surface area (Å²) in [4.78, 5) is 32.5. The van der Waals surface area contributed by atoms with Crippen LogP contribution in [0.25, 0.3) is 22.3 Å². The molecule has 0 saturated carbocycles. The predicted octanol–water partition coefficient (Wildman–Crippen LogP) is 3.61. The Kier molecular flexibility index (Phi) is 7.39. The Morgan fingerprint density at radius 2 is 2.03 bits per heavy atom. The van der Waals surface area contributed by atoms with E-state index in [1.807, 2.05) is 30.5 Å². The molecule has 4 aromatic rings. The van der Waals surface area contributed by atoms with E-state index in [9.17, 15) is 9.59 Å². The lowest BCUT2D eigenvalue weighted by Crippen LogP contribution is -2.43. The molecule has 1 unspecified atom stereocenters. The standard InChI is InChI=1S/C23H22ClN5O4S/c1-32-19-8-7-14(24)10-16(19)21-27-23(29-28-21)34-12-20(30)26-18(22(31)33-2)9-13-11-25-17-6-4-3-5-15(13)17/h3-8,10-11,18,25H,9,12H2,1-2H3,(H,26,30)(H,27,28,29). The highest BCUT2D eigenvalue weighted by atomic mass is 35.5. The largest absolute Gasteiger partial charge is 0.496 e. The molecule has 3 N–H and O–H groups in total. The Bertz CT molecular complexity index is 1320. The Labute approximate surface area is 204 Å². The van der Waals surface area contributed by atoms with E-state index >= 15 is 0 Å². The number of methoxy groups -OCH3 is 2. The SMILES string of the molecule is COC(=O)C(Cc1c[nH]c2ccccc12)NC(=O)CSc1n[nH]c(-c2cc(Cl)ccc2OC)n1. The molecule has 34 heavy (non-hydrogen) atoms. The van der Waals surface area contributed by atoms with E-state index in [1.165, 1.54) is 7.11 Å². The number of amides is 1. The average molecular weight is 500 g/mol. The molecule has 0 saturated heterocycles. The fourth-order valence-corrected chi connectivity index (χ4v) is 4.30. The van der Waals surface area contributed by atoms with E-state index in [2.05, 4.69) is 25.5 Å². The number of rotatable bonds is 9. The molecule has 0 radical (unpaired) electrons. The van der Waals surface area contributed by atoms with Crippen molar-refractivity contribution >= 4 is 46.1 Å².